The number of carbonyl (C=O) groups is 1. The van der Waals surface area contributed by atoms with E-state index in [-0.39, 0.29) is 24.2 Å². The molecule has 0 saturated heterocycles. The second-order valence-corrected chi connectivity index (χ2v) is 7.21. The molecule has 0 bridgehead atoms. The Morgan fingerprint density at radius 2 is 2.08 bits per heavy atom. The molecule has 0 radical (unpaired) electrons. The lowest BCUT2D eigenvalue weighted by Crippen LogP contribution is -2.44. The summed E-state index contributed by atoms with van der Waals surface area (Å²) in [4.78, 5) is 24.7. The van der Waals surface area contributed by atoms with E-state index in [2.05, 4.69) is 17.3 Å². The number of nitrogens with two attached hydrogens (primary N) is 1. The molecule has 0 spiro atoms. The second kappa shape index (κ2) is 7.35. The van der Waals surface area contributed by atoms with Crippen LogP contribution in [-0.2, 0) is 11.3 Å². The van der Waals surface area contributed by atoms with Gasteiger partial charge in [-0.1, -0.05) is 19.8 Å². The Hall–Kier alpha value is -2.57. The Labute approximate surface area is 152 Å². The summed E-state index contributed by atoms with van der Waals surface area (Å²) in [5.74, 6) is 1.68. The summed E-state index contributed by atoms with van der Waals surface area (Å²) in [6, 6.07) is 3.53. The maximum Gasteiger partial charge on any atom is 0.290 e. The van der Waals surface area contributed by atoms with Crippen molar-refractivity contribution in [3.05, 3.63) is 34.0 Å². The Morgan fingerprint density at radius 3 is 2.73 bits per heavy atom. The third-order valence-corrected chi connectivity index (χ3v) is 5.07. The van der Waals surface area contributed by atoms with Crippen LogP contribution >= 0.6 is 0 Å². The summed E-state index contributed by atoms with van der Waals surface area (Å²) in [5, 5.41) is 7.37. The van der Waals surface area contributed by atoms with Gasteiger partial charge in [0.15, 0.2) is 0 Å². The topological polar surface area (TPSA) is 103 Å². The molecule has 1 aliphatic rings. The Morgan fingerprint density at radius 1 is 1.35 bits per heavy atom. The Balaban J connectivity index is 1.82. The number of anilines is 1. The molecule has 140 valence electrons. The third-order valence-electron chi connectivity index (χ3n) is 5.07. The SMILES string of the molecule is Cc1cc(-c2cc(N)c(=O)n(CC(=O)N[C@@H]3CCCC[C@H]3C)n2)c(C)o1. The molecule has 2 atom stereocenters. The summed E-state index contributed by atoms with van der Waals surface area (Å²) >= 11 is 0. The molecule has 1 saturated carbocycles. The number of nitrogen functional groups attached to an aromatic ring is 1. The fourth-order valence-electron chi connectivity index (χ4n) is 3.61. The largest absolute Gasteiger partial charge is 0.466 e. The van der Waals surface area contributed by atoms with Crippen molar-refractivity contribution in [1.29, 1.82) is 0 Å². The van der Waals surface area contributed by atoms with Crippen molar-refractivity contribution in [3.8, 4) is 11.3 Å². The molecular weight excluding hydrogens is 332 g/mol. The number of hydrogen-bond acceptors (Lipinski definition) is 5. The number of nitrogens with one attached hydrogen (secondary N) is 1. The van der Waals surface area contributed by atoms with E-state index in [9.17, 15) is 9.59 Å². The molecule has 1 fully saturated rings. The minimum atomic E-state index is -0.460. The van der Waals surface area contributed by atoms with E-state index in [4.69, 9.17) is 10.2 Å². The lowest BCUT2D eigenvalue weighted by molar-refractivity contribution is -0.123. The number of nitrogens with zero attached hydrogens (tertiary/aromatic N) is 2. The highest BCUT2D eigenvalue weighted by Crippen LogP contribution is 2.25. The highest BCUT2D eigenvalue weighted by Gasteiger charge is 2.23. The number of furan rings is 1. The number of amides is 1. The quantitative estimate of drug-likeness (QED) is 0.873. The average molecular weight is 358 g/mol. The van der Waals surface area contributed by atoms with Gasteiger partial charge in [0.1, 0.15) is 23.8 Å². The number of rotatable bonds is 4. The van der Waals surface area contributed by atoms with Gasteiger partial charge in [0.05, 0.1) is 5.69 Å². The van der Waals surface area contributed by atoms with Crippen LogP contribution in [0.1, 0.15) is 44.1 Å². The van der Waals surface area contributed by atoms with Crippen LogP contribution in [0.5, 0.6) is 0 Å². The van der Waals surface area contributed by atoms with Gasteiger partial charge in [-0.2, -0.15) is 5.10 Å². The molecule has 2 aromatic heterocycles. The summed E-state index contributed by atoms with van der Waals surface area (Å²) < 4.78 is 6.66. The van der Waals surface area contributed by atoms with Crippen molar-refractivity contribution in [2.45, 2.75) is 59.0 Å². The van der Waals surface area contributed by atoms with E-state index >= 15 is 0 Å². The van der Waals surface area contributed by atoms with Gasteiger partial charge in [-0.25, -0.2) is 4.68 Å². The average Bonchev–Trinajstić information content (AvgIpc) is 2.92. The van der Waals surface area contributed by atoms with Crippen molar-refractivity contribution in [3.63, 3.8) is 0 Å². The first-order chi connectivity index (χ1) is 12.3. The zero-order chi connectivity index (χ0) is 18.8. The number of hydrogen-bond donors (Lipinski definition) is 2. The zero-order valence-corrected chi connectivity index (χ0v) is 15.5. The van der Waals surface area contributed by atoms with E-state index in [1.165, 1.54) is 12.5 Å². The molecule has 2 heterocycles. The van der Waals surface area contributed by atoms with Crippen LogP contribution in [0, 0.1) is 19.8 Å². The summed E-state index contributed by atoms with van der Waals surface area (Å²) in [5.41, 5.74) is 6.76. The van der Waals surface area contributed by atoms with Gasteiger partial charge in [0.2, 0.25) is 5.91 Å². The lowest BCUT2D eigenvalue weighted by Gasteiger charge is -2.29. The maximum atomic E-state index is 12.4. The molecule has 0 aromatic carbocycles. The van der Waals surface area contributed by atoms with Crippen LogP contribution in [0.15, 0.2) is 21.3 Å². The van der Waals surface area contributed by atoms with Gasteiger partial charge < -0.3 is 15.5 Å². The van der Waals surface area contributed by atoms with Crippen molar-refractivity contribution in [1.82, 2.24) is 15.1 Å². The third kappa shape index (κ3) is 3.81. The lowest BCUT2D eigenvalue weighted by atomic mass is 9.86. The zero-order valence-electron chi connectivity index (χ0n) is 15.5. The van der Waals surface area contributed by atoms with E-state index in [0.717, 1.165) is 35.3 Å². The van der Waals surface area contributed by atoms with E-state index < -0.39 is 5.56 Å². The van der Waals surface area contributed by atoms with Crippen LogP contribution in [0.2, 0.25) is 0 Å². The molecule has 1 aliphatic carbocycles. The van der Waals surface area contributed by atoms with Crippen LogP contribution < -0.4 is 16.6 Å². The Bertz CT molecular complexity index is 868. The minimum absolute atomic E-state index is 0.0621. The highest BCUT2D eigenvalue weighted by molar-refractivity contribution is 5.76. The number of carbonyl (C=O) groups excluding carboxylic acids is 1. The molecule has 3 N–H and O–H groups in total. The van der Waals surface area contributed by atoms with Crippen LogP contribution in [0.3, 0.4) is 0 Å². The summed E-state index contributed by atoms with van der Waals surface area (Å²) in [6.07, 6.45) is 4.42. The normalized spacial score (nSPS) is 20.1. The number of aryl methyl sites for hydroxylation is 2. The van der Waals surface area contributed by atoms with Crippen LogP contribution in [-0.4, -0.2) is 21.7 Å². The maximum absolute atomic E-state index is 12.4. The van der Waals surface area contributed by atoms with Gasteiger partial charge in [-0.15, -0.1) is 0 Å². The van der Waals surface area contributed by atoms with Gasteiger partial charge >= 0.3 is 0 Å². The van der Waals surface area contributed by atoms with Crippen molar-refractivity contribution in [2.75, 3.05) is 5.73 Å². The molecule has 3 rings (SSSR count). The van der Waals surface area contributed by atoms with Gasteiger partial charge in [-0.05, 0) is 44.7 Å². The molecule has 7 heteroatoms. The molecular formula is C19H26N4O3. The van der Waals surface area contributed by atoms with Crippen molar-refractivity contribution < 1.29 is 9.21 Å². The van der Waals surface area contributed by atoms with Crippen molar-refractivity contribution in [2.24, 2.45) is 5.92 Å². The summed E-state index contributed by atoms with van der Waals surface area (Å²) in [7, 11) is 0. The molecule has 2 aromatic rings. The first kappa shape index (κ1) is 18.2. The monoisotopic (exact) mass is 358 g/mol. The first-order valence-electron chi connectivity index (χ1n) is 9.09. The van der Waals surface area contributed by atoms with Gasteiger partial charge in [0.25, 0.3) is 5.56 Å². The van der Waals surface area contributed by atoms with Gasteiger partial charge in [0, 0.05) is 11.6 Å². The van der Waals surface area contributed by atoms with E-state index in [1.807, 2.05) is 19.9 Å². The second-order valence-electron chi connectivity index (χ2n) is 7.21. The molecule has 7 nitrogen and oxygen atoms in total. The fraction of sp³-hybridized carbons (Fsp3) is 0.526. The number of aromatic nitrogens is 2. The fourth-order valence-corrected chi connectivity index (χ4v) is 3.61. The van der Waals surface area contributed by atoms with Crippen LogP contribution in [0.4, 0.5) is 5.69 Å². The van der Waals surface area contributed by atoms with Crippen molar-refractivity contribution >= 4 is 11.6 Å². The Kier molecular flexibility index (Phi) is 5.15. The predicted molar refractivity (Wildman–Crippen MR) is 99.6 cm³/mol. The molecule has 0 unspecified atom stereocenters. The predicted octanol–water partition coefficient (Wildman–Crippen LogP) is 2.40. The standard InChI is InChI=1S/C19H26N4O3/c1-11-6-4-5-7-16(11)21-18(24)10-23-19(25)15(20)9-17(22-23)14-8-12(2)26-13(14)3/h8-9,11,16H,4-7,10,20H2,1-3H3,(H,21,24)/t11-,16-/m1/s1. The van der Waals surface area contributed by atoms with Crippen LogP contribution in [0.25, 0.3) is 11.3 Å². The minimum Gasteiger partial charge on any atom is -0.466 e. The molecule has 26 heavy (non-hydrogen) atoms. The molecule has 0 aliphatic heterocycles. The first-order valence-corrected chi connectivity index (χ1v) is 9.09. The highest BCUT2D eigenvalue weighted by atomic mass is 16.3. The molecule has 1 amide bonds. The summed E-state index contributed by atoms with van der Waals surface area (Å²) in [6.45, 7) is 5.68. The van der Waals surface area contributed by atoms with E-state index in [0.29, 0.717) is 17.4 Å². The van der Waals surface area contributed by atoms with E-state index in [1.54, 1.807) is 0 Å². The smallest absolute Gasteiger partial charge is 0.290 e. The van der Waals surface area contributed by atoms with Gasteiger partial charge in [-0.3, -0.25) is 9.59 Å².